The van der Waals surface area contributed by atoms with E-state index >= 15 is 0 Å². The molecule has 4 rings (SSSR count). The van der Waals surface area contributed by atoms with Gasteiger partial charge in [-0.1, -0.05) is 26.8 Å². The predicted octanol–water partition coefficient (Wildman–Crippen LogP) is 4.03. The average Bonchev–Trinajstić information content (AvgIpc) is 3.15. The molecule has 0 spiro atoms. The monoisotopic (exact) mass is 436 g/mol. The zero-order valence-corrected chi connectivity index (χ0v) is 19.6. The second kappa shape index (κ2) is 8.45. The number of hydrogen-bond donors (Lipinski definition) is 0. The molecule has 7 nitrogen and oxygen atoms in total. The molecular formula is C25H32N4O3. The zero-order valence-electron chi connectivity index (χ0n) is 19.6. The number of hydrogen-bond acceptors (Lipinski definition) is 5. The van der Waals surface area contributed by atoms with E-state index in [0.29, 0.717) is 25.3 Å². The zero-order chi connectivity index (χ0) is 23.0. The number of anilines is 2. The van der Waals surface area contributed by atoms with Gasteiger partial charge in [0, 0.05) is 43.6 Å². The van der Waals surface area contributed by atoms with Gasteiger partial charge in [0.2, 0.25) is 0 Å². The maximum Gasteiger partial charge on any atom is 0.414 e. The van der Waals surface area contributed by atoms with Crippen LogP contribution in [0, 0.1) is 19.3 Å². The summed E-state index contributed by atoms with van der Waals surface area (Å²) in [6.07, 6.45) is 1.56. The lowest BCUT2D eigenvalue weighted by molar-refractivity contribution is 0.0746. The van der Waals surface area contributed by atoms with E-state index in [1.165, 1.54) is 0 Å². The van der Waals surface area contributed by atoms with E-state index in [4.69, 9.17) is 4.74 Å². The first-order valence-corrected chi connectivity index (χ1v) is 11.2. The molecule has 2 saturated heterocycles. The third kappa shape index (κ3) is 4.29. The molecule has 2 aromatic rings. The molecule has 170 valence electrons. The first-order chi connectivity index (χ1) is 15.1. The Hall–Kier alpha value is -3.09. The quantitative estimate of drug-likeness (QED) is 0.727. The Bertz CT molecular complexity index is 1000. The SMILES string of the molecule is Cc1cnc(N2CCN(C(=O)c3ccc(N4C(=O)OC[C@H]4C(C)(C)C)cc3)CC2)c(C)c1. The number of aromatic nitrogens is 1. The van der Waals surface area contributed by atoms with Crippen LogP contribution < -0.4 is 9.80 Å². The van der Waals surface area contributed by atoms with Crippen molar-refractivity contribution in [3.05, 3.63) is 53.2 Å². The van der Waals surface area contributed by atoms with Crippen LogP contribution in [0.4, 0.5) is 16.3 Å². The molecule has 0 bridgehead atoms. The Morgan fingerprint density at radius 2 is 1.72 bits per heavy atom. The van der Waals surface area contributed by atoms with Crippen LogP contribution in [0.15, 0.2) is 36.5 Å². The molecule has 2 fully saturated rings. The highest BCUT2D eigenvalue weighted by Crippen LogP contribution is 2.33. The lowest BCUT2D eigenvalue weighted by Gasteiger charge is -2.36. The molecule has 2 amide bonds. The molecule has 2 aliphatic rings. The number of ether oxygens (including phenoxy) is 1. The van der Waals surface area contributed by atoms with Gasteiger partial charge in [-0.2, -0.15) is 0 Å². The van der Waals surface area contributed by atoms with Gasteiger partial charge in [-0.15, -0.1) is 0 Å². The van der Waals surface area contributed by atoms with Crippen molar-refractivity contribution in [2.24, 2.45) is 5.41 Å². The molecule has 0 unspecified atom stereocenters. The van der Waals surface area contributed by atoms with E-state index in [9.17, 15) is 9.59 Å². The number of aryl methyl sites for hydroxylation is 2. The van der Waals surface area contributed by atoms with Crippen molar-refractivity contribution in [2.45, 2.75) is 40.7 Å². The minimum absolute atomic E-state index is 0.0150. The van der Waals surface area contributed by atoms with E-state index in [2.05, 4.69) is 43.6 Å². The Morgan fingerprint density at radius 1 is 1.06 bits per heavy atom. The topological polar surface area (TPSA) is 66.0 Å². The van der Waals surface area contributed by atoms with Crippen molar-refractivity contribution in [3.63, 3.8) is 0 Å². The third-order valence-electron chi connectivity index (χ3n) is 6.32. The summed E-state index contributed by atoms with van der Waals surface area (Å²) >= 11 is 0. The Balaban J connectivity index is 1.42. The molecule has 3 heterocycles. The summed E-state index contributed by atoms with van der Waals surface area (Å²) in [5.41, 5.74) is 3.60. The second-order valence-corrected chi connectivity index (χ2v) is 9.81. The van der Waals surface area contributed by atoms with Gasteiger partial charge in [-0.25, -0.2) is 9.78 Å². The van der Waals surface area contributed by atoms with Crippen molar-refractivity contribution in [2.75, 3.05) is 42.6 Å². The van der Waals surface area contributed by atoms with E-state index < -0.39 is 0 Å². The first-order valence-electron chi connectivity index (χ1n) is 11.2. The number of carbonyl (C=O) groups excluding carboxylic acids is 2. The van der Waals surface area contributed by atoms with Gasteiger partial charge in [0.05, 0.1) is 6.04 Å². The number of rotatable bonds is 3. The summed E-state index contributed by atoms with van der Waals surface area (Å²) < 4.78 is 5.30. The fraction of sp³-hybridized carbons (Fsp3) is 0.480. The van der Waals surface area contributed by atoms with E-state index in [1.54, 1.807) is 17.0 Å². The number of cyclic esters (lactones) is 1. The van der Waals surface area contributed by atoms with Crippen LogP contribution in [0.5, 0.6) is 0 Å². The van der Waals surface area contributed by atoms with Crippen LogP contribution in [-0.2, 0) is 4.74 Å². The summed E-state index contributed by atoms with van der Waals surface area (Å²) in [5.74, 6) is 1.01. The normalized spacial score (nSPS) is 19.3. The van der Waals surface area contributed by atoms with Gasteiger partial charge >= 0.3 is 6.09 Å². The molecule has 0 saturated carbocycles. The highest BCUT2D eigenvalue weighted by Gasteiger charge is 2.41. The molecule has 0 N–H and O–H groups in total. The first kappa shape index (κ1) is 22.1. The predicted molar refractivity (Wildman–Crippen MR) is 125 cm³/mol. The van der Waals surface area contributed by atoms with Crippen LogP contribution >= 0.6 is 0 Å². The standard InChI is InChI=1S/C25H32N4O3/c1-17-14-18(2)22(26-15-17)27-10-12-28(13-11-27)23(30)19-6-8-20(9-7-19)29-21(25(3,4)5)16-32-24(29)31/h6-9,14-15,21H,10-13,16H2,1-5H3/t21-/m0/s1. The van der Waals surface area contributed by atoms with Crippen LogP contribution in [0.1, 0.15) is 42.3 Å². The molecule has 1 aromatic heterocycles. The van der Waals surface area contributed by atoms with E-state index in [1.807, 2.05) is 30.2 Å². The number of piperazine rings is 1. The minimum atomic E-state index is -0.333. The molecular weight excluding hydrogens is 404 g/mol. The van der Waals surface area contributed by atoms with Crippen LogP contribution in [0.3, 0.4) is 0 Å². The minimum Gasteiger partial charge on any atom is -0.447 e. The highest BCUT2D eigenvalue weighted by molar-refractivity contribution is 5.96. The maximum absolute atomic E-state index is 13.1. The Kier molecular flexibility index (Phi) is 5.84. The number of amides is 2. The molecule has 7 heteroatoms. The summed E-state index contributed by atoms with van der Waals surface area (Å²) in [7, 11) is 0. The van der Waals surface area contributed by atoms with Gasteiger partial charge in [0.1, 0.15) is 12.4 Å². The average molecular weight is 437 g/mol. The van der Waals surface area contributed by atoms with E-state index in [-0.39, 0.29) is 23.5 Å². The molecule has 1 atom stereocenters. The van der Waals surface area contributed by atoms with Crippen molar-refractivity contribution >= 4 is 23.5 Å². The Labute approximate surface area is 190 Å². The van der Waals surface area contributed by atoms with Crippen LogP contribution in [-0.4, -0.2) is 60.7 Å². The van der Waals surface area contributed by atoms with Gasteiger partial charge in [-0.3, -0.25) is 9.69 Å². The van der Waals surface area contributed by atoms with Crippen LogP contribution in [0.25, 0.3) is 0 Å². The van der Waals surface area contributed by atoms with Crippen molar-refractivity contribution in [1.29, 1.82) is 0 Å². The lowest BCUT2D eigenvalue weighted by atomic mass is 9.86. The number of pyridine rings is 1. The van der Waals surface area contributed by atoms with Crippen LogP contribution in [0.2, 0.25) is 0 Å². The van der Waals surface area contributed by atoms with Crippen molar-refractivity contribution in [3.8, 4) is 0 Å². The van der Waals surface area contributed by atoms with E-state index in [0.717, 1.165) is 35.7 Å². The maximum atomic E-state index is 13.1. The number of carbonyl (C=O) groups is 2. The number of nitrogens with zero attached hydrogens (tertiary/aromatic N) is 4. The van der Waals surface area contributed by atoms with Gasteiger partial charge in [0.25, 0.3) is 5.91 Å². The third-order valence-corrected chi connectivity index (χ3v) is 6.32. The van der Waals surface area contributed by atoms with Gasteiger partial charge < -0.3 is 14.5 Å². The lowest BCUT2D eigenvalue weighted by Crippen LogP contribution is -2.49. The van der Waals surface area contributed by atoms with Crippen molar-refractivity contribution in [1.82, 2.24) is 9.88 Å². The number of benzene rings is 1. The largest absolute Gasteiger partial charge is 0.447 e. The Morgan fingerprint density at radius 3 is 2.31 bits per heavy atom. The molecule has 2 aliphatic heterocycles. The molecule has 32 heavy (non-hydrogen) atoms. The fourth-order valence-electron chi connectivity index (χ4n) is 4.45. The summed E-state index contributed by atoms with van der Waals surface area (Å²) in [4.78, 5) is 35.8. The molecule has 0 radical (unpaired) electrons. The smallest absolute Gasteiger partial charge is 0.414 e. The summed E-state index contributed by atoms with van der Waals surface area (Å²) in [5, 5.41) is 0. The van der Waals surface area contributed by atoms with Gasteiger partial charge in [0.15, 0.2) is 0 Å². The molecule has 1 aromatic carbocycles. The fourth-order valence-corrected chi connectivity index (χ4v) is 4.45. The summed E-state index contributed by atoms with van der Waals surface area (Å²) in [6.45, 7) is 13.6. The highest BCUT2D eigenvalue weighted by atomic mass is 16.6. The van der Waals surface area contributed by atoms with Gasteiger partial charge in [-0.05, 0) is 54.7 Å². The van der Waals surface area contributed by atoms with Crippen molar-refractivity contribution < 1.29 is 14.3 Å². The summed E-state index contributed by atoms with van der Waals surface area (Å²) in [6, 6.07) is 9.40. The second-order valence-electron chi connectivity index (χ2n) is 9.81. The molecule has 0 aliphatic carbocycles.